The topological polar surface area (TPSA) is 35.2 Å². The summed E-state index contributed by atoms with van der Waals surface area (Å²) >= 11 is 3.46. The molecule has 0 radical (unpaired) electrons. The summed E-state index contributed by atoms with van der Waals surface area (Å²) in [6.07, 6.45) is 2.10. The highest BCUT2D eigenvalue weighted by molar-refractivity contribution is 9.10. The number of halogens is 1. The highest BCUT2D eigenvalue weighted by atomic mass is 79.9. The molecule has 0 aliphatic heterocycles. The molecule has 1 aliphatic rings. The molecular formula is C10H12BrNO. The van der Waals surface area contributed by atoms with Gasteiger partial charge in [-0.1, -0.05) is 6.07 Å². The van der Waals surface area contributed by atoms with Crippen LogP contribution in [0.4, 0.5) is 0 Å². The van der Waals surface area contributed by atoms with E-state index in [0.717, 1.165) is 23.1 Å². The van der Waals surface area contributed by atoms with Crippen LogP contribution in [0.2, 0.25) is 0 Å². The molecule has 0 aromatic heterocycles. The molecule has 0 unspecified atom stereocenters. The molecule has 3 heteroatoms. The van der Waals surface area contributed by atoms with E-state index < -0.39 is 0 Å². The molecule has 0 amide bonds. The minimum Gasteiger partial charge on any atom is -0.495 e. The first-order chi connectivity index (χ1) is 6.24. The van der Waals surface area contributed by atoms with Gasteiger partial charge in [-0.25, -0.2) is 0 Å². The van der Waals surface area contributed by atoms with Gasteiger partial charge in [0.1, 0.15) is 5.75 Å². The van der Waals surface area contributed by atoms with E-state index in [4.69, 9.17) is 10.5 Å². The summed E-state index contributed by atoms with van der Waals surface area (Å²) in [5.41, 5.74) is 8.49. The van der Waals surface area contributed by atoms with Gasteiger partial charge in [-0.2, -0.15) is 0 Å². The summed E-state index contributed by atoms with van der Waals surface area (Å²) in [7, 11) is 1.69. The van der Waals surface area contributed by atoms with E-state index in [9.17, 15) is 0 Å². The van der Waals surface area contributed by atoms with Crippen LogP contribution in [0.1, 0.15) is 23.6 Å². The van der Waals surface area contributed by atoms with Crippen molar-refractivity contribution in [3.63, 3.8) is 0 Å². The maximum atomic E-state index is 5.99. The highest BCUT2D eigenvalue weighted by Crippen LogP contribution is 2.40. The Bertz CT molecular complexity index is 338. The molecule has 2 N–H and O–H groups in total. The average molecular weight is 242 g/mol. The zero-order chi connectivity index (χ0) is 9.42. The molecule has 13 heavy (non-hydrogen) atoms. The Kier molecular flexibility index (Phi) is 2.30. The maximum absolute atomic E-state index is 5.99. The van der Waals surface area contributed by atoms with Crippen molar-refractivity contribution in [3.8, 4) is 5.75 Å². The number of nitrogens with two attached hydrogens (primary N) is 1. The number of fused-ring (bicyclic) bond motifs is 1. The number of hydrogen-bond donors (Lipinski definition) is 1. The molecule has 0 bridgehead atoms. The second-order valence-electron chi connectivity index (χ2n) is 3.30. The fourth-order valence-corrected chi connectivity index (χ4v) is 2.41. The van der Waals surface area contributed by atoms with E-state index in [1.165, 1.54) is 11.1 Å². The molecule has 1 aromatic rings. The minimum atomic E-state index is 0.141. The Hall–Kier alpha value is -0.540. The predicted octanol–water partition coefficient (Wildman–Crippen LogP) is 2.40. The van der Waals surface area contributed by atoms with Crippen molar-refractivity contribution in [2.45, 2.75) is 18.9 Å². The lowest BCUT2D eigenvalue weighted by atomic mass is 10.1. The van der Waals surface area contributed by atoms with Gasteiger partial charge in [0.15, 0.2) is 0 Å². The normalized spacial score (nSPS) is 20.1. The van der Waals surface area contributed by atoms with E-state index in [2.05, 4.69) is 22.0 Å². The van der Waals surface area contributed by atoms with Crippen LogP contribution in [0.15, 0.2) is 16.6 Å². The van der Waals surface area contributed by atoms with Crippen LogP contribution in [0, 0.1) is 0 Å². The third kappa shape index (κ3) is 1.36. The smallest absolute Gasteiger partial charge is 0.138 e. The zero-order valence-corrected chi connectivity index (χ0v) is 9.10. The number of rotatable bonds is 1. The molecule has 0 spiro atoms. The Morgan fingerprint density at radius 3 is 3.00 bits per heavy atom. The molecule has 1 atom stereocenters. The molecule has 0 saturated heterocycles. The molecule has 1 aromatic carbocycles. The minimum absolute atomic E-state index is 0.141. The van der Waals surface area contributed by atoms with E-state index in [-0.39, 0.29) is 6.04 Å². The summed E-state index contributed by atoms with van der Waals surface area (Å²) in [5, 5.41) is 0. The van der Waals surface area contributed by atoms with Crippen LogP contribution in [0.5, 0.6) is 5.75 Å². The molecular weight excluding hydrogens is 230 g/mol. The summed E-state index contributed by atoms with van der Waals surface area (Å²) in [5.74, 6) is 0.905. The van der Waals surface area contributed by atoms with Gasteiger partial charge in [0, 0.05) is 11.6 Å². The lowest BCUT2D eigenvalue weighted by Gasteiger charge is -2.12. The van der Waals surface area contributed by atoms with Crippen molar-refractivity contribution in [1.29, 1.82) is 0 Å². The first-order valence-electron chi connectivity index (χ1n) is 4.35. The third-order valence-electron chi connectivity index (χ3n) is 2.54. The summed E-state index contributed by atoms with van der Waals surface area (Å²) in [6, 6.07) is 4.28. The van der Waals surface area contributed by atoms with Crippen LogP contribution >= 0.6 is 15.9 Å². The van der Waals surface area contributed by atoms with E-state index in [1.54, 1.807) is 7.11 Å². The lowest BCUT2D eigenvalue weighted by molar-refractivity contribution is 0.404. The zero-order valence-electron chi connectivity index (χ0n) is 7.51. The van der Waals surface area contributed by atoms with Crippen molar-refractivity contribution in [1.82, 2.24) is 0 Å². The quantitative estimate of drug-likeness (QED) is 0.820. The van der Waals surface area contributed by atoms with Crippen LogP contribution in [-0.4, -0.2) is 7.11 Å². The predicted molar refractivity (Wildman–Crippen MR) is 55.9 cm³/mol. The summed E-state index contributed by atoms with van der Waals surface area (Å²) in [6.45, 7) is 0. The van der Waals surface area contributed by atoms with Gasteiger partial charge in [0.2, 0.25) is 0 Å². The van der Waals surface area contributed by atoms with Crippen molar-refractivity contribution in [3.05, 3.63) is 27.7 Å². The van der Waals surface area contributed by atoms with Gasteiger partial charge in [-0.15, -0.1) is 0 Å². The maximum Gasteiger partial charge on any atom is 0.138 e. The Labute approximate surface area is 86.2 Å². The highest BCUT2D eigenvalue weighted by Gasteiger charge is 2.24. The summed E-state index contributed by atoms with van der Waals surface area (Å²) in [4.78, 5) is 0. The first kappa shape index (κ1) is 9.03. The number of ether oxygens (including phenoxy) is 1. The monoisotopic (exact) mass is 241 g/mol. The summed E-state index contributed by atoms with van der Waals surface area (Å²) < 4.78 is 6.32. The fourth-order valence-electron chi connectivity index (χ4n) is 1.90. The standard InChI is InChI=1S/C10H12BrNO/c1-13-10-7(11)4-2-6-3-5-8(12)9(6)10/h2,4,8H,3,5,12H2,1H3/t8-/m1/s1. The Morgan fingerprint density at radius 2 is 2.31 bits per heavy atom. The van der Waals surface area contributed by atoms with Crippen LogP contribution < -0.4 is 10.5 Å². The molecule has 2 rings (SSSR count). The number of hydrogen-bond acceptors (Lipinski definition) is 2. The van der Waals surface area contributed by atoms with Gasteiger partial charge in [-0.3, -0.25) is 0 Å². The van der Waals surface area contributed by atoms with Crippen LogP contribution in [0.3, 0.4) is 0 Å². The first-order valence-corrected chi connectivity index (χ1v) is 5.14. The Morgan fingerprint density at radius 1 is 1.54 bits per heavy atom. The largest absolute Gasteiger partial charge is 0.495 e. The number of aryl methyl sites for hydroxylation is 1. The van der Waals surface area contributed by atoms with Crippen molar-refractivity contribution in [2.24, 2.45) is 5.73 Å². The van der Waals surface area contributed by atoms with Gasteiger partial charge < -0.3 is 10.5 Å². The molecule has 70 valence electrons. The Balaban J connectivity index is 2.60. The number of methoxy groups -OCH3 is 1. The third-order valence-corrected chi connectivity index (χ3v) is 3.16. The SMILES string of the molecule is COc1c(Br)ccc2c1[C@H](N)CC2. The lowest BCUT2D eigenvalue weighted by Crippen LogP contribution is -2.07. The van der Waals surface area contributed by atoms with E-state index in [0.29, 0.717) is 0 Å². The molecule has 0 heterocycles. The number of benzene rings is 1. The van der Waals surface area contributed by atoms with Gasteiger partial charge in [-0.05, 0) is 40.4 Å². The fraction of sp³-hybridized carbons (Fsp3) is 0.400. The van der Waals surface area contributed by atoms with Crippen LogP contribution in [0.25, 0.3) is 0 Å². The molecule has 2 nitrogen and oxygen atoms in total. The van der Waals surface area contributed by atoms with Crippen LogP contribution in [-0.2, 0) is 6.42 Å². The van der Waals surface area contributed by atoms with Gasteiger partial charge in [0.05, 0.1) is 11.6 Å². The van der Waals surface area contributed by atoms with Crippen molar-refractivity contribution < 1.29 is 4.74 Å². The second-order valence-corrected chi connectivity index (χ2v) is 4.15. The second kappa shape index (κ2) is 3.31. The average Bonchev–Trinajstić information content (AvgIpc) is 2.49. The van der Waals surface area contributed by atoms with Crippen molar-refractivity contribution in [2.75, 3.05) is 7.11 Å². The molecule has 0 fully saturated rings. The van der Waals surface area contributed by atoms with E-state index in [1.807, 2.05) is 6.07 Å². The molecule has 1 aliphatic carbocycles. The van der Waals surface area contributed by atoms with Gasteiger partial charge in [0.25, 0.3) is 0 Å². The van der Waals surface area contributed by atoms with Crippen molar-refractivity contribution >= 4 is 15.9 Å². The van der Waals surface area contributed by atoms with Gasteiger partial charge >= 0.3 is 0 Å². The van der Waals surface area contributed by atoms with E-state index >= 15 is 0 Å². The molecule has 0 saturated carbocycles.